The molecule has 0 aliphatic heterocycles. The average Bonchev–Trinajstić information content (AvgIpc) is 2.55. The van der Waals surface area contributed by atoms with Gasteiger partial charge in [0, 0.05) is 7.05 Å². The molecule has 0 amide bonds. The second-order valence-electron chi connectivity index (χ2n) is 5.62. The predicted molar refractivity (Wildman–Crippen MR) is 72.0 cm³/mol. The van der Waals surface area contributed by atoms with Crippen molar-refractivity contribution in [2.75, 3.05) is 0 Å². The molecule has 0 spiro atoms. The van der Waals surface area contributed by atoms with Crippen LogP contribution in [0.15, 0.2) is 18.2 Å². The number of aryl methyl sites for hydroxylation is 1. The summed E-state index contributed by atoms with van der Waals surface area (Å²) < 4.78 is 2.10. The number of aromatic nitrogens is 2. The Labute approximate surface area is 103 Å². The van der Waals surface area contributed by atoms with Crippen LogP contribution in [0.1, 0.15) is 45.0 Å². The molecule has 2 aromatic rings. The third kappa shape index (κ3) is 2.07. The van der Waals surface area contributed by atoms with E-state index in [-0.39, 0.29) is 0 Å². The smallest absolute Gasteiger partial charge is 0.129 e. The van der Waals surface area contributed by atoms with Gasteiger partial charge in [-0.25, -0.2) is 4.98 Å². The van der Waals surface area contributed by atoms with Gasteiger partial charge in [0.15, 0.2) is 0 Å². The lowest BCUT2D eigenvalue weighted by atomic mass is 10.0. The molecule has 2 rings (SSSR count). The van der Waals surface area contributed by atoms with Crippen molar-refractivity contribution in [1.29, 1.82) is 0 Å². The van der Waals surface area contributed by atoms with Gasteiger partial charge in [0.05, 0.1) is 16.6 Å². The highest BCUT2D eigenvalue weighted by Gasteiger charge is 2.21. The zero-order chi connectivity index (χ0) is 12.8. The van der Waals surface area contributed by atoms with Crippen LogP contribution in [0, 0.1) is 0 Å². The number of nitrogens with zero attached hydrogens (tertiary/aromatic N) is 2. The minimum atomic E-state index is -0.411. The maximum atomic E-state index is 6.14. The lowest BCUT2D eigenvalue weighted by molar-refractivity contribution is 0.498. The lowest BCUT2D eigenvalue weighted by Gasteiger charge is -2.17. The van der Waals surface area contributed by atoms with Gasteiger partial charge in [-0.05, 0) is 37.5 Å². The molecule has 0 aliphatic carbocycles. The van der Waals surface area contributed by atoms with Gasteiger partial charge in [-0.3, -0.25) is 0 Å². The van der Waals surface area contributed by atoms with Crippen LogP contribution in [0.4, 0.5) is 0 Å². The fourth-order valence-corrected chi connectivity index (χ4v) is 2.14. The van der Waals surface area contributed by atoms with E-state index in [0.29, 0.717) is 5.92 Å². The van der Waals surface area contributed by atoms with E-state index in [9.17, 15) is 0 Å². The predicted octanol–water partition coefficient (Wildman–Crippen LogP) is 2.89. The van der Waals surface area contributed by atoms with E-state index < -0.39 is 5.54 Å². The van der Waals surface area contributed by atoms with E-state index in [4.69, 9.17) is 5.73 Å². The van der Waals surface area contributed by atoms with Crippen LogP contribution in [-0.2, 0) is 12.6 Å². The molecule has 1 heterocycles. The summed E-state index contributed by atoms with van der Waals surface area (Å²) in [6.45, 7) is 8.37. The van der Waals surface area contributed by atoms with Gasteiger partial charge in [0.25, 0.3) is 0 Å². The first kappa shape index (κ1) is 12.1. The van der Waals surface area contributed by atoms with Gasteiger partial charge in [0.2, 0.25) is 0 Å². The number of nitrogens with two attached hydrogens (primary N) is 1. The Hall–Kier alpha value is -1.35. The van der Waals surface area contributed by atoms with Crippen LogP contribution >= 0.6 is 0 Å². The molecule has 0 aliphatic rings. The van der Waals surface area contributed by atoms with Crippen LogP contribution in [0.2, 0.25) is 0 Å². The molecule has 1 aromatic heterocycles. The molecule has 3 nitrogen and oxygen atoms in total. The Morgan fingerprint density at radius 3 is 2.47 bits per heavy atom. The molecule has 0 saturated carbocycles. The Morgan fingerprint density at radius 1 is 1.29 bits per heavy atom. The van der Waals surface area contributed by atoms with Crippen molar-refractivity contribution in [3.8, 4) is 0 Å². The third-order valence-corrected chi connectivity index (χ3v) is 3.15. The molecule has 17 heavy (non-hydrogen) atoms. The van der Waals surface area contributed by atoms with Crippen molar-refractivity contribution in [3.63, 3.8) is 0 Å². The molecule has 92 valence electrons. The van der Waals surface area contributed by atoms with Crippen molar-refractivity contribution in [1.82, 2.24) is 9.55 Å². The summed E-state index contributed by atoms with van der Waals surface area (Å²) in [4.78, 5) is 4.62. The van der Waals surface area contributed by atoms with Crippen LogP contribution in [0.25, 0.3) is 11.0 Å². The van der Waals surface area contributed by atoms with E-state index >= 15 is 0 Å². The maximum absolute atomic E-state index is 6.14. The highest BCUT2D eigenvalue weighted by Crippen LogP contribution is 2.25. The number of benzene rings is 1. The molecule has 3 heteroatoms. The van der Waals surface area contributed by atoms with Crippen LogP contribution in [0.3, 0.4) is 0 Å². The molecule has 0 unspecified atom stereocenters. The first-order valence-corrected chi connectivity index (χ1v) is 6.06. The first-order chi connectivity index (χ1) is 7.80. The summed E-state index contributed by atoms with van der Waals surface area (Å²) in [5.74, 6) is 1.46. The van der Waals surface area contributed by atoms with Crippen molar-refractivity contribution < 1.29 is 0 Å². The van der Waals surface area contributed by atoms with Crippen molar-refractivity contribution >= 4 is 11.0 Å². The summed E-state index contributed by atoms with van der Waals surface area (Å²) in [6, 6.07) is 6.44. The summed E-state index contributed by atoms with van der Waals surface area (Å²) >= 11 is 0. The molecule has 0 atom stereocenters. The summed E-state index contributed by atoms with van der Waals surface area (Å²) in [7, 11) is 2.03. The second kappa shape index (κ2) is 3.84. The summed E-state index contributed by atoms with van der Waals surface area (Å²) in [5.41, 5.74) is 9.24. The Morgan fingerprint density at radius 2 is 1.94 bits per heavy atom. The fraction of sp³-hybridized carbons (Fsp3) is 0.500. The Kier molecular flexibility index (Phi) is 2.74. The second-order valence-corrected chi connectivity index (χ2v) is 5.62. The molecular formula is C14H21N3. The number of hydrogen-bond donors (Lipinski definition) is 1. The minimum absolute atomic E-state index is 0.411. The van der Waals surface area contributed by atoms with Crippen LogP contribution < -0.4 is 5.73 Å². The van der Waals surface area contributed by atoms with E-state index in [2.05, 4.69) is 41.6 Å². The van der Waals surface area contributed by atoms with E-state index in [1.807, 2.05) is 20.9 Å². The molecule has 0 fully saturated rings. The highest BCUT2D eigenvalue weighted by molar-refractivity contribution is 5.77. The molecule has 0 radical (unpaired) electrons. The Balaban J connectivity index is 2.67. The topological polar surface area (TPSA) is 43.8 Å². The van der Waals surface area contributed by atoms with Gasteiger partial charge < -0.3 is 10.3 Å². The quantitative estimate of drug-likeness (QED) is 0.863. The largest absolute Gasteiger partial charge is 0.330 e. The van der Waals surface area contributed by atoms with Gasteiger partial charge in [-0.15, -0.1) is 0 Å². The van der Waals surface area contributed by atoms with Gasteiger partial charge >= 0.3 is 0 Å². The number of rotatable bonds is 2. The van der Waals surface area contributed by atoms with E-state index in [1.165, 1.54) is 5.56 Å². The molecule has 2 N–H and O–H groups in total. The normalized spacial score (nSPS) is 12.6. The van der Waals surface area contributed by atoms with Crippen LogP contribution in [0.5, 0.6) is 0 Å². The zero-order valence-corrected chi connectivity index (χ0v) is 11.3. The third-order valence-electron chi connectivity index (χ3n) is 3.15. The average molecular weight is 231 g/mol. The van der Waals surface area contributed by atoms with Crippen molar-refractivity contribution in [2.45, 2.75) is 39.2 Å². The summed E-state index contributed by atoms with van der Waals surface area (Å²) in [5, 5.41) is 0. The molecule has 0 saturated heterocycles. The first-order valence-electron chi connectivity index (χ1n) is 6.06. The number of fused-ring (bicyclic) bond motifs is 1. The SMILES string of the molecule is CC(C)c1ccc2nc(C(C)(C)N)n(C)c2c1. The fourth-order valence-electron chi connectivity index (χ4n) is 2.14. The molecule has 0 bridgehead atoms. The van der Waals surface area contributed by atoms with Crippen molar-refractivity contribution in [2.24, 2.45) is 12.8 Å². The molecule has 1 aromatic carbocycles. The van der Waals surface area contributed by atoms with Gasteiger partial charge in [-0.1, -0.05) is 19.9 Å². The lowest BCUT2D eigenvalue weighted by Crippen LogP contribution is -2.32. The van der Waals surface area contributed by atoms with E-state index in [0.717, 1.165) is 16.9 Å². The highest BCUT2D eigenvalue weighted by atomic mass is 15.1. The summed E-state index contributed by atoms with van der Waals surface area (Å²) in [6.07, 6.45) is 0. The minimum Gasteiger partial charge on any atom is -0.330 e. The van der Waals surface area contributed by atoms with Gasteiger partial charge in [0.1, 0.15) is 5.82 Å². The van der Waals surface area contributed by atoms with Crippen LogP contribution in [-0.4, -0.2) is 9.55 Å². The monoisotopic (exact) mass is 231 g/mol. The Bertz CT molecular complexity index is 544. The maximum Gasteiger partial charge on any atom is 0.129 e. The number of hydrogen-bond acceptors (Lipinski definition) is 2. The molecular weight excluding hydrogens is 210 g/mol. The van der Waals surface area contributed by atoms with Gasteiger partial charge in [-0.2, -0.15) is 0 Å². The number of imidazole rings is 1. The van der Waals surface area contributed by atoms with Crippen molar-refractivity contribution in [3.05, 3.63) is 29.6 Å². The standard InChI is InChI=1S/C14H21N3/c1-9(2)10-6-7-11-12(8-10)17(5)13(16-11)14(3,4)15/h6-9H,15H2,1-5H3. The van der Waals surface area contributed by atoms with E-state index in [1.54, 1.807) is 0 Å². The zero-order valence-electron chi connectivity index (χ0n) is 11.3.